The molecule has 4 rings (SSSR count). The van der Waals surface area contributed by atoms with Gasteiger partial charge in [-0.15, -0.1) is 0 Å². The minimum absolute atomic E-state index is 0.0617. The molecule has 3 nitrogen and oxygen atoms in total. The lowest BCUT2D eigenvalue weighted by Crippen LogP contribution is -2.56. The molecule has 2 aromatic rings. The van der Waals surface area contributed by atoms with Crippen molar-refractivity contribution in [1.82, 2.24) is 9.80 Å². The second-order valence-corrected chi connectivity index (χ2v) is 7.61. The van der Waals surface area contributed by atoms with Crippen LogP contribution < -0.4 is 0 Å². The highest BCUT2D eigenvalue weighted by Gasteiger charge is 2.51. The summed E-state index contributed by atoms with van der Waals surface area (Å²) in [7, 11) is 0. The molecule has 2 aromatic carbocycles. The minimum Gasteiger partial charge on any atom is -0.338 e. The number of piperidine rings is 1. The molecule has 0 aliphatic carbocycles. The zero-order chi connectivity index (χ0) is 18.1. The van der Waals surface area contributed by atoms with Gasteiger partial charge in [-0.1, -0.05) is 42.5 Å². The summed E-state index contributed by atoms with van der Waals surface area (Å²) in [4.78, 5) is 16.7. The lowest BCUT2D eigenvalue weighted by molar-refractivity contribution is -0.131. The Labute approximate surface area is 154 Å². The fourth-order valence-electron chi connectivity index (χ4n) is 4.82. The van der Waals surface area contributed by atoms with Crippen LogP contribution in [-0.2, 0) is 16.8 Å². The van der Waals surface area contributed by atoms with Crippen molar-refractivity contribution in [1.29, 1.82) is 0 Å². The Balaban J connectivity index is 1.59. The highest BCUT2D eigenvalue weighted by molar-refractivity contribution is 5.74. The molecule has 0 unspecified atom stereocenters. The molecule has 0 spiro atoms. The van der Waals surface area contributed by atoms with Crippen LogP contribution in [0.2, 0.25) is 0 Å². The van der Waals surface area contributed by atoms with E-state index in [0.29, 0.717) is 0 Å². The molecule has 0 aromatic heterocycles. The first kappa shape index (κ1) is 17.2. The summed E-state index contributed by atoms with van der Waals surface area (Å²) in [6.45, 7) is 5.17. The van der Waals surface area contributed by atoms with Crippen LogP contribution in [0.25, 0.3) is 0 Å². The molecule has 2 heterocycles. The topological polar surface area (TPSA) is 23.6 Å². The van der Waals surface area contributed by atoms with Gasteiger partial charge in [0.05, 0.1) is 6.04 Å². The number of nitrogens with zero attached hydrogens (tertiary/aromatic N) is 2. The summed E-state index contributed by atoms with van der Waals surface area (Å²) in [6.07, 6.45) is 2.08. The van der Waals surface area contributed by atoms with Gasteiger partial charge in [-0.3, -0.25) is 9.69 Å². The molecule has 2 aliphatic heterocycles. The first-order valence-corrected chi connectivity index (χ1v) is 9.38. The van der Waals surface area contributed by atoms with Crippen LogP contribution in [0, 0.1) is 5.82 Å². The van der Waals surface area contributed by atoms with Crippen LogP contribution in [0.15, 0.2) is 54.6 Å². The molecule has 136 valence electrons. The smallest absolute Gasteiger partial charge is 0.219 e. The van der Waals surface area contributed by atoms with E-state index in [-0.39, 0.29) is 23.2 Å². The molecule has 0 bridgehead atoms. The SMILES string of the molecule is CC(=O)N1CC[C@@]2(c3ccccc3)CCN(Cc3ccc(F)cc3)C[C@H]12. The molecule has 0 radical (unpaired) electrons. The zero-order valence-electron chi connectivity index (χ0n) is 15.2. The van der Waals surface area contributed by atoms with E-state index in [0.717, 1.165) is 44.6 Å². The van der Waals surface area contributed by atoms with Gasteiger partial charge in [0.2, 0.25) is 5.91 Å². The van der Waals surface area contributed by atoms with Crippen molar-refractivity contribution in [3.63, 3.8) is 0 Å². The quantitative estimate of drug-likeness (QED) is 0.843. The van der Waals surface area contributed by atoms with E-state index < -0.39 is 0 Å². The maximum Gasteiger partial charge on any atom is 0.219 e. The van der Waals surface area contributed by atoms with Crippen molar-refractivity contribution in [3.05, 3.63) is 71.5 Å². The molecule has 0 N–H and O–H groups in total. The number of carbonyl (C=O) groups excluding carboxylic acids is 1. The number of fused-ring (bicyclic) bond motifs is 1. The summed E-state index contributed by atoms with van der Waals surface area (Å²) >= 11 is 0. The van der Waals surface area contributed by atoms with Crippen LogP contribution in [-0.4, -0.2) is 41.4 Å². The van der Waals surface area contributed by atoms with Crippen LogP contribution in [0.3, 0.4) is 0 Å². The summed E-state index contributed by atoms with van der Waals surface area (Å²) < 4.78 is 13.2. The molecule has 2 fully saturated rings. The van der Waals surface area contributed by atoms with Crippen molar-refractivity contribution in [2.45, 2.75) is 37.8 Å². The van der Waals surface area contributed by atoms with Gasteiger partial charge in [0, 0.05) is 32.0 Å². The maximum absolute atomic E-state index is 13.2. The summed E-state index contributed by atoms with van der Waals surface area (Å²) in [5.41, 5.74) is 2.54. The second kappa shape index (κ2) is 6.84. The number of amides is 1. The molecule has 2 saturated heterocycles. The third kappa shape index (κ3) is 3.03. The van der Waals surface area contributed by atoms with Crippen molar-refractivity contribution < 1.29 is 9.18 Å². The summed E-state index contributed by atoms with van der Waals surface area (Å²) in [5.74, 6) is -0.0366. The highest BCUT2D eigenvalue weighted by Crippen LogP contribution is 2.46. The lowest BCUT2D eigenvalue weighted by atomic mass is 9.69. The molecule has 1 amide bonds. The van der Waals surface area contributed by atoms with E-state index >= 15 is 0 Å². The van der Waals surface area contributed by atoms with Crippen molar-refractivity contribution in [2.75, 3.05) is 19.6 Å². The Hall–Kier alpha value is -2.20. The average molecular weight is 352 g/mol. The normalized spacial score (nSPS) is 25.9. The Morgan fingerprint density at radius 1 is 1.08 bits per heavy atom. The Morgan fingerprint density at radius 3 is 2.46 bits per heavy atom. The third-order valence-electron chi connectivity index (χ3n) is 6.19. The number of halogens is 1. The van der Waals surface area contributed by atoms with Gasteiger partial charge in [0.15, 0.2) is 0 Å². The van der Waals surface area contributed by atoms with Crippen LogP contribution >= 0.6 is 0 Å². The highest BCUT2D eigenvalue weighted by atomic mass is 19.1. The van der Waals surface area contributed by atoms with Crippen molar-refractivity contribution in [3.8, 4) is 0 Å². The van der Waals surface area contributed by atoms with E-state index in [1.54, 1.807) is 6.92 Å². The fraction of sp³-hybridized carbons (Fsp3) is 0.409. The molecule has 2 aliphatic rings. The van der Waals surface area contributed by atoms with E-state index in [1.165, 1.54) is 17.7 Å². The second-order valence-electron chi connectivity index (χ2n) is 7.61. The number of hydrogen-bond donors (Lipinski definition) is 0. The standard InChI is InChI=1S/C22H25FN2O/c1-17(26)25-14-12-22(19-5-3-2-4-6-19)11-13-24(16-21(22)25)15-18-7-9-20(23)10-8-18/h2-10,21H,11-16H2,1H3/t21-,22+/m0/s1. The van der Waals surface area contributed by atoms with E-state index in [9.17, 15) is 9.18 Å². The minimum atomic E-state index is -0.200. The van der Waals surface area contributed by atoms with Crippen molar-refractivity contribution in [2.24, 2.45) is 0 Å². The van der Waals surface area contributed by atoms with Gasteiger partial charge in [-0.25, -0.2) is 4.39 Å². The third-order valence-corrected chi connectivity index (χ3v) is 6.19. The molecule has 2 atom stereocenters. The van der Waals surface area contributed by atoms with E-state index in [4.69, 9.17) is 0 Å². The number of likely N-dealkylation sites (tertiary alicyclic amines) is 2. The van der Waals surface area contributed by atoms with Gasteiger partial charge in [0.1, 0.15) is 5.82 Å². The Bertz CT molecular complexity index is 776. The van der Waals surface area contributed by atoms with Gasteiger partial charge in [-0.2, -0.15) is 0 Å². The molecular formula is C22H25FN2O. The van der Waals surface area contributed by atoms with E-state index in [2.05, 4.69) is 40.1 Å². The molecule has 0 saturated carbocycles. The fourth-order valence-corrected chi connectivity index (χ4v) is 4.82. The van der Waals surface area contributed by atoms with Crippen LogP contribution in [0.1, 0.15) is 30.9 Å². The first-order valence-electron chi connectivity index (χ1n) is 9.38. The maximum atomic E-state index is 13.2. The van der Waals surface area contributed by atoms with Gasteiger partial charge >= 0.3 is 0 Å². The lowest BCUT2D eigenvalue weighted by Gasteiger charge is -2.46. The summed E-state index contributed by atoms with van der Waals surface area (Å²) in [5, 5.41) is 0. The predicted octanol–water partition coefficient (Wildman–Crippen LogP) is 3.59. The van der Waals surface area contributed by atoms with Gasteiger partial charge < -0.3 is 4.90 Å². The number of hydrogen-bond acceptors (Lipinski definition) is 2. The number of rotatable bonds is 3. The van der Waals surface area contributed by atoms with E-state index in [1.807, 2.05) is 12.1 Å². The predicted molar refractivity (Wildman–Crippen MR) is 100 cm³/mol. The van der Waals surface area contributed by atoms with Gasteiger partial charge in [-0.05, 0) is 42.6 Å². The molecule has 4 heteroatoms. The average Bonchev–Trinajstić information content (AvgIpc) is 3.05. The zero-order valence-corrected chi connectivity index (χ0v) is 15.2. The first-order chi connectivity index (χ1) is 12.6. The summed E-state index contributed by atoms with van der Waals surface area (Å²) in [6, 6.07) is 17.6. The van der Waals surface area contributed by atoms with Crippen LogP contribution in [0.4, 0.5) is 4.39 Å². The Kier molecular flexibility index (Phi) is 4.53. The van der Waals surface area contributed by atoms with Crippen molar-refractivity contribution >= 4 is 5.91 Å². The number of benzene rings is 2. The monoisotopic (exact) mass is 352 g/mol. The van der Waals surface area contributed by atoms with Gasteiger partial charge in [0.25, 0.3) is 0 Å². The molecular weight excluding hydrogens is 327 g/mol. The number of carbonyl (C=O) groups is 1. The Morgan fingerprint density at radius 2 is 1.77 bits per heavy atom. The van der Waals surface area contributed by atoms with Crippen LogP contribution in [0.5, 0.6) is 0 Å². The largest absolute Gasteiger partial charge is 0.338 e. The molecule has 26 heavy (non-hydrogen) atoms.